The first kappa shape index (κ1) is 16.1. The smallest absolute Gasteiger partial charge is 0.338 e. The summed E-state index contributed by atoms with van der Waals surface area (Å²) in [7, 11) is -3.99. The molecule has 2 N–H and O–H groups in total. The van der Waals surface area contributed by atoms with Gasteiger partial charge in [0.25, 0.3) is 0 Å². The highest BCUT2D eigenvalue weighted by atomic mass is 32.2. The maximum absolute atomic E-state index is 13.2. The molecule has 5 nitrogen and oxygen atoms in total. The van der Waals surface area contributed by atoms with E-state index >= 15 is 0 Å². The second kappa shape index (κ2) is 6.50. The van der Waals surface area contributed by atoms with E-state index in [9.17, 15) is 17.6 Å². The molecule has 0 amide bonds. The van der Waals surface area contributed by atoms with E-state index < -0.39 is 33.4 Å². The quantitative estimate of drug-likeness (QED) is 0.782. The van der Waals surface area contributed by atoms with E-state index in [1.165, 1.54) is 0 Å². The maximum Gasteiger partial charge on any atom is 0.338 e. The molecule has 0 fully saturated rings. The highest BCUT2D eigenvalue weighted by molar-refractivity contribution is 7.89. The molecule has 1 aromatic rings. The third-order valence-electron chi connectivity index (χ3n) is 2.55. The van der Waals surface area contributed by atoms with Crippen LogP contribution in [-0.2, 0) is 10.0 Å². The summed E-state index contributed by atoms with van der Waals surface area (Å²) in [6.45, 7) is 1.85. The molecule has 0 aliphatic heterocycles. The van der Waals surface area contributed by atoms with Gasteiger partial charge in [-0.15, -0.1) is 6.42 Å². The number of hydrogen-bond donors (Lipinski definition) is 2. The van der Waals surface area contributed by atoms with Crippen LogP contribution in [0.25, 0.3) is 0 Å². The number of benzene rings is 1. The van der Waals surface area contributed by atoms with Gasteiger partial charge in [0.05, 0.1) is 16.5 Å². The van der Waals surface area contributed by atoms with Crippen LogP contribution in [0.4, 0.5) is 4.39 Å². The molecule has 0 saturated carbocycles. The van der Waals surface area contributed by atoms with E-state index in [1.807, 2.05) is 6.92 Å². The topological polar surface area (TPSA) is 83.5 Å². The lowest BCUT2D eigenvalue weighted by Gasteiger charge is -2.13. The number of terminal acetylenes is 1. The fraction of sp³-hybridized carbons (Fsp3) is 0.308. The molecule has 0 radical (unpaired) electrons. The van der Waals surface area contributed by atoms with Gasteiger partial charge in [-0.05, 0) is 24.6 Å². The number of sulfonamides is 1. The summed E-state index contributed by atoms with van der Waals surface area (Å²) in [5.74, 6) is -0.245. The van der Waals surface area contributed by atoms with Gasteiger partial charge >= 0.3 is 5.97 Å². The van der Waals surface area contributed by atoms with Crippen LogP contribution < -0.4 is 4.72 Å². The summed E-state index contributed by atoms with van der Waals surface area (Å²) in [4.78, 5) is 10.5. The molecule has 1 atom stereocenters. The van der Waals surface area contributed by atoms with Crippen molar-refractivity contribution in [3.63, 3.8) is 0 Å². The number of carboxylic acid groups (broad SMARTS) is 1. The molecular formula is C13H14FNO4S. The third-order valence-corrected chi connectivity index (χ3v) is 4.02. The molecule has 108 valence electrons. The Hall–Kier alpha value is -1.91. The highest BCUT2D eigenvalue weighted by Gasteiger charge is 2.21. The van der Waals surface area contributed by atoms with Crippen LogP contribution in [0.15, 0.2) is 23.1 Å². The van der Waals surface area contributed by atoms with Crippen molar-refractivity contribution in [2.75, 3.05) is 0 Å². The number of nitrogens with one attached hydrogen (secondary N) is 1. The normalized spacial score (nSPS) is 12.7. The van der Waals surface area contributed by atoms with Gasteiger partial charge in [0, 0.05) is 0 Å². The number of carbonyl (C=O) groups is 1. The molecule has 0 aromatic heterocycles. The van der Waals surface area contributed by atoms with Gasteiger partial charge in [0.2, 0.25) is 10.0 Å². The van der Waals surface area contributed by atoms with Crippen molar-refractivity contribution in [2.45, 2.75) is 30.7 Å². The monoisotopic (exact) mass is 299 g/mol. The number of aromatic carboxylic acids is 1. The van der Waals surface area contributed by atoms with E-state index in [0.29, 0.717) is 12.8 Å². The van der Waals surface area contributed by atoms with Gasteiger partial charge in [-0.3, -0.25) is 0 Å². The molecule has 0 saturated heterocycles. The van der Waals surface area contributed by atoms with Gasteiger partial charge in [-0.1, -0.05) is 19.3 Å². The lowest BCUT2D eigenvalue weighted by Crippen LogP contribution is -2.33. The Bertz CT molecular complexity index is 649. The summed E-state index contributed by atoms with van der Waals surface area (Å²) >= 11 is 0. The van der Waals surface area contributed by atoms with Crippen molar-refractivity contribution < 1.29 is 22.7 Å². The number of carboxylic acids is 1. The SMILES string of the molecule is C#CC(CCC)NS(=O)(=O)c1ccc(F)c(C(=O)O)c1. The zero-order chi connectivity index (χ0) is 15.3. The molecule has 1 rings (SSSR count). The Morgan fingerprint density at radius 2 is 2.20 bits per heavy atom. The van der Waals surface area contributed by atoms with Gasteiger partial charge in [-0.2, -0.15) is 4.72 Å². The van der Waals surface area contributed by atoms with Crippen LogP contribution in [-0.4, -0.2) is 25.5 Å². The predicted octanol–water partition coefficient (Wildman–Crippen LogP) is 1.60. The Morgan fingerprint density at radius 1 is 1.55 bits per heavy atom. The molecule has 0 aliphatic carbocycles. The first-order chi connectivity index (χ1) is 9.31. The average molecular weight is 299 g/mol. The first-order valence-electron chi connectivity index (χ1n) is 5.83. The van der Waals surface area contributed by atoms with Crippen molar-refractivity contribution in [3.05, 3.63) is 29.6 Å². The van der Waals surface area contributed by atoms with Gasteiger partial charge in [-0.25, -0.2) is 17.6 Å². The third kappa shape index (κ3) is 3.79. The maximum atomic E-state index is 13.2. The number of hydrogen-bond acceptors (Lipinski definition) is 3. The van der Waals surface area contributed by atoms with E-state index in [1.54, 1.807) is 0 Å². The second-order valence-corrected chi connectivity index (χ2v) is 5.79. The van der Waals surface area contributed by atoms with E-state index in [2.05, 4.69) is 10.6 Å². The van der Waals surface area contributed by atoms with E-state index in [0.717, 1.165) is 18.2 Å². The Balaban J connectivity index is 3.13. The van der Waals surface area contributed by atoms with E-state index in [-0.39, 0.29) is 4.90 Å². The standard InChI is InChI=1S/C13H14FNO4S/c1-3-5-9(4-2)15-20(18,19)10-6-7-12(14)11(8-10)13(16)17/h2,6-9,15H,3,5H2,1H3,(H,16,17). The molecular weight excluding hydrogens is 285 g/mol. The van der Waals surface area contributed by atoms with Crippen molar-refractivity contribution in [1.82, 2.24) is 4.72 Å². The predicted molar refractivity (Wildman–Crippen MR) is 71.2 cm³/mol. The summed E-state index contributed by atoms with van der Waals surface area (Å²) in [6, 6.07) is 1.86. The van der Waals surface area contributed by atoms with Crippen LogP contribution in [0.5, 0.6) is 0 Å². The lowest BCUT2D eigenvalue weighted by atomic mass is 10.2. The summed E-state index contributed by atoms with van der Waals surface area (Å²) in [5, 5.41) is 8.78. The van der Waals surface area contributed by atoms with E-state index in [4.69, 9.17) is 11.5 Å². The van der Waals surface area contributed by atoms with Crippen molar-refractivity contribution in [3.8, 4) is 12.3 Å². The average Bonchev–Trinajstić information content (AvgIpc) is 2.37. The van der Waals surface area contributed by atoms with Gasteiger partial charge < -0.3 is 5.11 Å². The van der Waals surface area contributed by atoms with Crippen LogP contribution in [0, 0.1) is 18.2 Å². The van der Waals surface area contributed by atoms with Crippen LogP contribution in [0.1, 0.15) is 30.1 Å². The molecule has 20 heavy (non-hydrogen) atoms. The highest BCUT2D eigenvalue weighted by Crippen LogP contribution is 2.16. The first-order valence-corrected chi connectivity index (χ1v) is 7.31. The largest absolute Gasteiger partial charge is 0.478 e. The Kier molecular flexibility index (Phi) is 5.25. The fourth-order valence-electron chi connectivity index (χ4n) is 1.56. The van der Waals surface area contributed by atoms with Crippen LogP contribution >= 0.6 is 0 Å². The fourth-order valence-corrected chi connectivity index (χ4v) is 2.77. The minimum atomic E-state index is -3.99. The number of rotatable bonds is 6. The molecule has 0 spiro atoms. The summed E-state index contributed by atoms with van der Waals surface area (Å²) in [6.07, 6.45) is 6.34. The van der Waals surface area contributed by atoms with Crippen molar-refractivity contribution in [2.24, 2.45) is 0 Å². The second-order valence-electron chi connectivity index (χ2n) is 4.08. The molecule has 0 aliphatic rings. The minimum absolute atomic E-state index is 0.340. The zero-order valence-electron chi connectivity index (χ0n) is 10.8. The van der Waals surface area contributed by atoms with Crippen LogP contribution in [0.2, 0.25) is 0 Å². The van der Waals surface area contributed by atoms with Crippen molar-refractivity contribution >= 4 is 16.0 Å². The number of halogens is 1. The zero-order valence-corrected chi connectivity index (χ0v) is 11.6. The molecule has 0 heterocycles. The lowest BCUT2D eigenvalue weighted by molar-refractivity contribution is 0.0691. The Labute approximate surface area is 116 Å². The molecule has 0 bridgehead atoms. The summed E-state index contributed by atoms with van der Waals surface area (Å²) in [5.41, 5.74) is -0.708. The Morgan fingerprint density at radius 3 is 2.70 bits per heavy atom. The van der Waals surface area contributed by atoms with Gasteiger partial charge in [0.15, 0.2) is 0 Å². The summed E-state index contributed by atoms with van der Waals surface area (Å²) < 4.78 is 39.6. The molecule has 1 unspecified atom stereocenters. The minimum Gasteiger partial charge on any atom is -0.478 e. The van der Waals surface area contributed by atoms with Gasteiger partial charge in [0.1, 0.15) is 5.82 Å². The van der Waals surface area contributed by atoms with Crippen molar-refractivity contribution in [1.29, 1.82) is 0 Å². The molecule has 7 heteroatoms. The van der Waals surface area contributed by atoms with Crippen LogP contribution in [0.3, 0.4) is 0 Å². The molecule has 1 aromatic carbocycles.